The van der Waals surface area contributed by atoms with Crippen molar-refractivity contribution in [2.45, 2.75) is 38.5 Å². The Morgan fingerprint density at radius 2 is 1.71 bits per heavy atom. The molecule has 1 amide bonds. The number of carbonyl (C=O) groups is 1. The summed E-state index contributed by atoms with van der Waals surface area (Å²) in [6.45, 7) is 1.73. The van der Waals surface area contributed by atoms with E-state index in [2.05, 4.69) is 6.07 Å². The third kappa shape index (κ3) is 1.39. The molecule has 1 aliphatic carbocycles. The van der Waals surface area contributed by atoms with Crippen molar-refractivity contribution in [3.63, 3.8) is 0 Å². The van der Waals surface area contributed by atoms with Crippen LogP contribution in [0.1, 0.15) is 38.5 Å². The van der Waals surface area contributed by atoms with Crippen LogP contribution >= 0.6 is 0 Å². The molecule has 0 radical (unpaired) electrons. The molecule has 0 aromatic heterocycles. The number of carbonyl (C=O) groups excluding carboxylic acids is 1. The number of rotatable bonds is 1. The van der Waals surface area contributed by atoms with E-state index in [0.717, 1.165) is 51.6 Å². The minimum Gasteiger partial charge on any atom is -0.341 e. The lowest BCUT2D eigenvalue weighted by molar-refractivity contribution is -0.137. The maximum absolute atomic E-state index is 12.1. The summed E-state index contributed by atoms with van der Waals surface area (Å²) in [5, 5.41) is 9.15. The van der Waals surface area contributed by atoms with Gasteiger partial charge >= 0.3 is 0 Å². The van der Waals surface area contributed by atoms with Gasteiger partial charge in [0.1, 0.15) is 5.41 Å². The zero-order chi connectivity index (χ0) is 10.0. The Morgan fingerprint density at radius 1 is 1.14 bits per heavy atom. The van der Waals surface area contributed by atoms with Crippen LogP contribution in [-0.2, 0) is 4.79 Å². The van der Waals surface area contributed by atoms with Crippen LogP contribution in [0.15, 0.2) is 0 Å². The standard InChI is InChI=1S/C11H16N2O/c12-9-11(5-1-2-6-11)10(14)13-7-3-4-8-13/h1-8H2. The van der Waals surface area contributed by atoms with E-state index in [-0.39, 0.29) is 5.91 Å². The average Bonchev–Trinajstić information content (AvgIpc) is 2.89. The molecule has 0 spiro atoms. The Bertz CT molecular complexity index is 268. The van der Waals surface area contributed by atoms with Crippen LogP contribution in [0, 0.1) is 16.7 Å². The van der Waals surface area contributed by atoms with Crippen LogP contribution in [0.2, 0.25) is 0 Å². The fraction of sp³-hybridized carbons (Fsp3) is 0.818. The maximum atomic E-state index is 12.1. The van der Waals surface area contributed by atoms with Gasteiger partial charge in [-0.1, -0.05) is 12.8 Å². The summed E-state index contributed by atoms with van der Waals surface area (Å²) >= 11 is 0. The molecule has 3 nitrogen and oxygen atoms in total. The van der Waals surface area contributed by atoms with E-state index < -0.39 is 5.41 Å². The summed E-state index contributed by atoms with van der Waals surface area (Å²) in [5.74, 6) is 0.106. The summed E-state index contributed by atoms with van der Waals surface area (Å²) in [6.07, 6.45) is 5.83. The molecule has 76 valence electrons. The van der Waals surface area contributed by atoms with E-state index in [1.54, 1.807) is 0 Å². The molecule has 1 heterocycles. The molecule has 0 aromatic carbocycles. The van der Waals surface area contributed by atoms with Crippen molar-refractivity contribution in [3.8, 4) is 6.07 Å². The van der Waals surface area contributed by atoms with Gasteiger partial charge in [0.2, 0.25) is 5.91 Å². The number of nitrogens with zero attached hydrogens (tertiary/aromatic N) is 2. The molecule has 1 saturated carbocycles. The second kappa shape index (κ2) is 3.61. The van der Waals surface area contributed by atoms with Crippen LogP contribution < -0.4 is 0 Å². The fourth-order valence-corrected chi connectivity index (χ4v) is 2.57. The van der Waals surface area contributed by atoms with Gasteiger partial charge in [-0.2, -0.15) is 5.26 Å². The predicted molar refractivity (Wildman–Crippen MR) is 52.3 cm³/mol. The van der Waals surface area contributed by atoms with Crippen molar-refractivity contribution in [1.29, 1.82) is 5.26 Å². The number of likely N-dealkylation sites (tertiary alicyclic amines) is 1. The Hall–Kier alpha value is -1.04. The van der Waals surface area contributed by atoms with Gasteiger partial charge in [-0.25, -0.2) is 0 Å². The normalized spacial score (nSPS) is 24.9. The predicted octanol–water partition coefficient (Wildman–Crippen LogP) is 1.69. The summed E-state index contributed by atoms with van der Waals surface area (Å²) in [6, 6.07) is 2.26. The van der Waals surface area contributed by atoms with Gasteiger partial charge in [-0.05, 0) is 25.7 Å². The SMILES string of the molecule is N#CC1(C(=O)N2CCCC2)CCCC1. The van der Waals surface area contributed by atoms with E-state index in [9.17, 15) is 4.79 Å². The van der Waals surface area contributed by atoms with Crippen LogP contribution in [0.5, 0.6) is 0 Å². The molecule has 2 aliphatic rings. The molecule has 2 rings (SSSR count). The first kappa shape index (κ1) is 9.51. The van der Waals surface area contributed by atoms with Gasteiger partial charge in [-0.3, -0.25) is 4.79 Å². The Balaban J connectivity index is 2.11. The first-order valence-electron chi connectivity index (χ1n) is 5.49. The molecule has 14 heavy (non-hydrogen) atoms. The first-order valence-corrected chi connectivity index (χ1v) is 5.49. The molecular formula is C11H16N2O. The summed E-state index contributed by atoms with van der Waals surface area (Å²) in [7, 11) is 0. The molecule has 3 heteroatoms. The average molecular weight is 192 g/mol. The lowest BCUT2D eigenvalue weighted by Crippen LogP contribution is -2.40. The zero-order valence-electron chi connectivity index (χ0n) is 8.46. The first-order chi connectivity index (χ1) is 6.78. The molecule has 0 bridgehead atoms. The van der Waals surface area contributed by atoms with Gasteiger partial charge < -0.3 is 4.90 Å². The molecule has 0 unspecified atom stereocenters. The van der Waals surface area contributed by atoms with Gasteiger partial charge in [0.05, 0.1) is 6.07 Å². The van der Waals surface area contributed by atoms with Crippen molar-refractivity contribution >= 4 is 5.91 Å². The van der Waals surface area contributed by atoms with Crippen LogP contribution in [-0.4, -0.2) is 23.9 Å². The lowest BCUT2D eigenvalue weighted by atomic mass is 9.86. The van der Waals surface area contributed by atoms with Gasteiger partial charge in [-0.15, -0.1) is 0 Å². The smallest absolute Gasteiger partial charge is 0.243 e. The third-order valence-corrected chi connectivity index (χ3v) is 3.47. The lowest BCUT2D eigenvalue weighted by Gasteiger charge is -2.25. The quantitative estimate of drug-likeness (QED) is 0.634. The van der Waals surface area contributed by atoms with Crippen LogP contribution in [0.25, 0.3) is 0 Å². The number of hydrogen-bond donors (Lipinski definition) is 0. The summed E-state index contributed by atoms with van der Waals surface area (Å²) in [4.78, 5) is 14.0. The second-order valence-electron chi connectivity index (χ2n) is 4.40. The number of hydrogen-bond acceptors (Lipinski definition) is 2. The van der Waals surface area contributed by atoms with E-state index in [1.807, 2.05) is 4.90 Å². The van der Waals surface area contributed by atoms with Crippen molar-refractivity contribution in [1.82, 2.24) is 4.90 Å². The topological polar surface area (TPSA) is 44.1 Å². The number of nitriles is 1. The van der Waals surface area contributed by atoms with Crippen molar-refractivity contribution in [2.75, 3.05) is 13.1 Å². The Kier molecular flexibility index (Phi) is 2.45. The minimum atomic E-state index is -0.648. The van der Waals surface area contributed by atoms with Gasteiger partial charge in [0.25, 0.3) is 0 Å². The Labute approximate surface area is 84.7 Å². The maximum Gasteiger partial charge on any atom is 0.243 e. The highest BCUT2D eigenvalue weighted by molar-refractivity contribution is 5.86. The molecule has 0 atom stereocenters. The zero-order valence-corrected chi connectivity index (χ0v) is 8.46. The highest BCUT2D eigenvalue weighted by Crippen LogP contribution is 2.39. The molecule has 1 saturated heterocycles. The molecule has 0 aromatic rings. The molecular weight excluding hydrogens is 176 g/mol. The highest BCUT2D eigenvalue weighted by atomic mass is 16.2. The molecule has 0 N–H and O–H groups in total. The van der Waals surface area contributed by atoms with E-state index >= 15 is 0 Å². The van der Waals surface area contributed by atoms with Crippen molar-refractivity contribution in [2.24, 2.45) is 5.41 Å². The largest absolute Gasteiger partial charge is 0.341 e. The summed E-state index contributed by atoms with van der Waals surface area (Å²) < 4.78 is 0. The Morgan fingerprint density at radius 3 is 2.21 bits per heavy atom. The fourth-order valence-electron chi connectivity index (χ4n) is 2.57. The van der Waals surface area contributed by atoms with Crippen LogP contribution in [0.4, 0.5) is 0 Å². The highest BCUT2D eigenvalue weighted by Gasteiger charge is 2.44. The monoisotopic (exact) mass is 192 g/mol. The van der Waals surface area contributed by atoms with Crippen molar-refractivity contribution in [3.05, 3.63) is 0 Å². The van der Waals surface area contributed by atoms with Crippen molar-refractivity contribution < 1.29 is 4.79 Å². The number of amides is 1. The molecule has 2 fully saturated rings. The summed E-state index contributed by atoms with van der Waals surface area (Å²) in [5.41, 5.74) is -0.648. The van der Waals surface area contributed by atoms with E-state index in [1.165, 1.54) is 0 Å². The second-order valence-corrected chi connectivity index (χ2v) is 4.40. The van der Waals surface area contributed by atoms with E-state index in [4.69, 9.17) is 5.26 Å². The van der Waals surface area contributed by atoms with Gasteiger partial charge in [0.15, 0.2) is 0 Å². The third-order valence-electron chi connectivity index (χ3n) is 3.47. The van der Waals surface area contributed by atoms with Gasteiger partial charge in [0, 0.05) is 13.1 Å². The molecule has 1 aliphatic heterocycles. The van der Waals surface area contributed by atoms with E-state index in [0.29, 0.717) is 0 Å². The van der Waals surface area contributed by atoms with Crippen LogP contribution in [0.3, 0.4) is 0 Å². The minimum absolute atomic E-state index is 0.106.